The van der Waals surface area contributed by atoms with E-state index in [4.69, 9.17) is 0 Å². The fourth-order valence-corrected chi connectivity index (χ4v) is 6.98. The molecule has 1 aliphatic carbocycles. The van der Waals surface area contributed by atoms with E-state index in [1.165, 1.54) is 12.1 Å². The maximum atomic E-state index is 14.4. The molecule has 0 aromatic heterocycles. The van der Waals surface area contributed by atoms with Crippen LogP contribution in [0.3, 0.4) is 0 Å². The molecule has 1 saturated carbocycles. The van der Waals surface area contributed by atoms with Crippen LogP contribution in [0.1, 0.15) is 36.8 Å². The van der Waals surface area contributed by atoms with Crippen molar-refractivity contribution in [1.82, 2.24) is 10.2 Å². The molecular weight excluding hydrogens is 558 g/mol. The third kappa shape index (κ3) is 7.70. The Morgan fingerprint density at radius 2 is 1.23 bits per heavy atom. The minimum Gasteiger partial charge on any atom is -0.352 e. The number of carbonyl (C=O) groups excluding carboxylic acids is 2. The van der Waals surface area contributed by atoms with E-state index in [9.17, 15) is 18.0 Å². The molecule has 1 fully saturated rings. The van der Waals surface area contributed by atoms with Crippen molar-refractivity contribution in [3.05, 3.63) is 132 Å². The predicted octanol–water partition coefficient (Wildman–Crippen LogP) is 5.58. The number of nitrogens with zero attached hydrogens (tertiary/aromatic N) is 2. The van der Waals surface area contributed by atoms with Crippen molar-refractivity contribution in [3.63, 3.8) is 0 Å². The second kappa shape index (κ2) is 14.2. The molecule has 5 rings (SSSR count). The monoisotopic (exact) mass is 595 g/mol. The quantitative estimate of drug-likeness (QED) is 0.232. The molecule has 0 unspecified atom stereocenters. The molecule has 2 amide bonds. The first kappa shape index (κ1) is 30.0. The van der Waals surface area contributed by atoms with Crippen molar-refractivity contribution in [2.45, 2.75) is 55.6 Å². The van der Waals surface area contributed by atoms with Gasteiger partial charge in [0.25, 0.3) is 10.0 Å². The first-order chi connectivity index (χ1) is 20.9. The van der Waals surface area contributed by atoms with Gasteiger partial charge in [-0.15, -0.1) is 0 Å². The number of anilines is 1. The normalized spacial score (nSPS) is 14.1. The second-order valence-corrected chi connectivity index (χ2v) is 12.7. The standard InChI is InChI=1S/C35H37N3O4S/c39-34(27-38(31-21-9-3-10-22-31)43(41,42)32-23-11-4-12-24-32)37(26-29-17-7-2-8-18-29)33(25-28-15-5-1-6-16-28)35(40)36-30-19-13-14-20-30/h1-12,15-18,21-24,30,33H,13-14,19-20,25-27H2,(H,36,40)/t33-/m0/s1. The lowest BCUT2D eigenvalue weighted by Gasteiger charge is -2.34. The molecule has 7 nitrogen and oxygen atoms in total. The maximum Gasteiger partial charge on any atom is 0.264 e. The first-order valence-electron chi connectivity index (χ1n) is 14.7. The predicted molar refractivity (Wildman–Crippen MR) is 169 cm³/mol. The summed E-state index contributed by atoms with van der Waals surface area (Å²) in [6, 6.07) is 35.0. The molecule has 0 radical (unpaired) electrons. The van der Waals surface area contributed by atoms with E-state index in [0.29, 0.717) is 12.1 Å². The summed E-state index contributed by atoms with van der Waals surface area (Å²) in [5.41, 5.74) is 2.13. The van der Waals surface area contributed by atoms with Gasteiger partial charge in [-0.1, -0.05) is 110 Å². The van der Waals surface area contributed by atoms with Gasteiger partial charge in [-0.3, -0.25) is 13.9 Å². The van der Waals surface area contributed by atoms with E-state index in [-0.39, 0.29) is 23.4 Å². The van der Waals surface area contributed by atoms with E-state index < -0.39 is 28.5 Å². The Hall–Kier alpha value is -4.43. The van der Waals surface area contributed by atoms with Crippen LogP contribution in [0.15, 0.2) is 126 Å². The van der Waals surface area contributed by atoms with Crippen molar-refractivity contribution in [2.75, 3.05) is 10.8 Å². The molecule has 0 bridgehead atoms. The highest BCUT2D eigenvalue weighted by atomic mass is 32.2. The third-order valence-corrected chi connectivity index (χ3v) is 9.61. The summed E-state index contributed by atoms with van der Waals surface area (Å²) in [5.74, 6) is -0.688. The molecule has 0 aliphatic heterocycles. The van der Waals surface area contributed by atoms with Gasteiger partial charge in [-0.25, -0.2) is 8.42 Å². The van der Waals surface area contributed by atoms with Crippen LogP contribution >= 0.6 is 0 Å². The van der Waals surface area contributed by atoms with Crippen LogP contribution in [0.2, 0.25) is 0 Å². The van der Waals surface area contributed by atoms with Crippen molar-refractivity contribution in [2.24, 2.45) is 0 Å². The number of nitrogens with one attached hydrogen (secondary N) is 1. The van der Waals surface area contributed by atoms with Crippen LogP contribution in [0.25, 0.3) is 0 Å². The fraction of sp³-hybridized carbons (Fsp3) is 0.257. The highest BCUT2D eigenvalue weighted by molar-refractivity contribution is 7.92. The Bertz CT molecular complexity index is 1580. The van der Waals surface area contributed by atoms with Crippen molar-refractivity contribution in [1.29, 1.82) is 0 Å². The van der Waals surface area contributed by atoms with Crippen LogP contribution in [0.4, 0.5) is 5.69 Å². The number of rotatable bonds is 12. The van der Waals surface area contributed by atoms with Gasteiger partial charge in [-0.05, 0) is 48.2 Å². The van der Waals surface area contributed by atoms with Crippen LogP contribution in [0, 0.1) is 0 Å². The molecule has 43 heavy (non-hydrogen) atoms. The lowest BCUT2D eigenvalue weighted by atomic mass is 10.0. The summed E-state index contributed by atoms with van der Waals surface area (Å²) in [7, 11) is -4.09. The Morgan fingerprint density at radius 3 is 1.81 bits per heavy atom. The van der Waals surface area contributed by atoms with Crippen LogP contribution in [-0.2, 0) is 32.6 Å². The highest BCUT2D eigenvalue weighted by Crippen LogP contribution is 2.25. The van der Waals surface area contributed by atoms with Gasteiger partial charge < -0.3 is 10.2 Å². The number of para-hydroxylation sites is 1. The number of hydrogen-bond acceptors (Lipinski definition) is 4. The molecule has 4 aromatic carbocycles. The van der Waals surface area contributed by atoms with Crippen LogP contribution in [0.5, 0.6) is 0 Å². The lowest BCUT2D eigenvalue weighted by molar-refractivity contribution is -0.140. The molecule has 4 aromatic rings. The van der Waals surface area contributed by atoms with Gasteiger partial charge in [0.15, 0.2) is 0 Å². The summed E-state index contributed by atoms with van der Waals surface area (Å²) < 4.78 is 29.0. The van der Waals surface area contributed by atoms with Gasteiger partial charge in [0.2, 0.25) is 11.8 Å². The SMILES string of the molecule is O=C(NC1CCCC1)[C@H](Cc1ccccc1)N(Cc1ccccc1)C(=O)CN(c1ccccc1)S(=O)(=O)c1ccccc1. The van der Waals surface area contributed by atoms with E-state index in [1.807, 2.05) is 60.7 Å². The molecule has 8 heteroatoms. The summed E-state index contributed by atoms with van der Waals surface area (Å²) in [5, 5.41) is 3.20. The van der Waals surface area contributed by atoms with Gasteiger partial charge in [0.05, 0.1) is 10.6 Å². The molecule has 0 saturated heterocycles. The zero-order valence-electron chi connectivity index (χ0n) is 24.1. The van der Waals surface area contributed by atoms with Crippen molar-refractivity contribution >= 4 is 27.5 Å². The molecule has 1 N–H and O–H groups in total. The molecule has 0 heterocycles. The van der Waals surface area contributed by atoms with E-state index in [2.05, 4.69) is 5.32 Å². The number of benzene rings is 4. The highest BCUT2D eigenvalue weighted by Gasteiger charge is 2.35. The average Bonchev–Trinajstić information content (AvgIpc) is 3.56. The van der Waals surface area contributed by atoms with Crippen LogP contribution < -0.4 is 9.62 Å². The van der Waals surface area contributed by atoms with E-state index in [1.54, 1.807) is 53.4 Å². The summed E-state index contributed by atoms with van der Waals surface area (Å²) >= 11 is 0. The Kier molecular flexibility index (Phi) is 9.89. The molecule has 222 valence electrons. The van der Waals surface area contributed by atoms with Crippen molar-refractivity contribution < 1.29 is 18.0 Å². The minimum absolute atomic E-state index is 0.0683. The number of sulfonamides is 1. The Labute approximate surface area is 254 Å². The first-order valence-corrected chi connectivity index (χ1v) is 16.2. The minimum atomic E-state index is -4.09. The number of carbonyl (C=O) groups is 2. The molecule has 1 atom stereocenters. The molecule has 0 spiro atoms. The number of amides is 2. The average molecular weight is 596 g/mol. The van der Waals surface area contributed by atoms with E-state index >= 15 is 0 Å². The largest absolute Gasteiger partial charge is 0.352 e. The van der Waals surface area contributed by atoms with E-state index in [0.717, 1.165) is 41.1 Å². The fourth-order valence-electron chi connectivity index (χ4n) is 5.54. The zero-order valence-corrected chi connectivity index (χ0v) is 24.9. The van der Waals surface area contributed by atoms with Gasteiger partial charge in [0, 0.05) is 19.0 Å². The third-order valence-electron chi connectivity index (χ3n) is 7.82. The maximum absolute atomic E-state index is 14.4. The smallest absolute Gasteiger partial charge is 0.264 e. The summed E-state index contributed by atoms with van der Waals surface area (Å²) in [6.07, 6.45) is 4.24. The van der Waals surface area contributed by atoms with Gasteiger partial charge in [0.1, 0.15) is 12.6 Å². The van der Waals surface area contributed by atoms with Crippen LogP contribution in [-0.4, -0.2) is 43.8 Å². The van der Waals surface area contributed by atoms with Crippen molar-refractivity contribution in [3.8, 4) is 0 Å². The van der Waals surface area contributed by atoms with Gasteiger partial charge >= 0.3 is 0 Å². The number of hydrogen-bond donors (Lipinski definition) is 1. The Morgan fingerprint density at radius 1 is 0.721 bits per heavy atom. The topological polar surface area (TPSA) is 86.8 Å². The lowest BCUT2D eigenvalue weighted by Crippen LogP contribution is -2.54. The molecule has 1 aliphatic rings. The molecular formula is C35H37N3O4S. The summed E-state index contributed by atoms with van der Waals surface area (Å²) in [6.45, 7) is -0.306. The summed E-state index contributed by atoms with van der Waals surface area (Å²) in [4.78, 5) is 30.0. The Balaban J connectivity index is 1.53. The van der Waals surface area contributed by atoms with Gasteiger partial charge in [-0.2, -0.15) is 0 Å². The second-order valence-electron chi connectivity index (χ2n) is 10.9. The zero-order chi connectivity index (χ0) is 30.1.